The minimum absolute atomic E-state index is 0.0750. The number of rotatable bonds is 3. The lowest BCUT2D eigenvalue weighted by Crippen LogP contribution is -2.26. The van der Waals surface area contributed by atoms with Gasteiger partial charge >= 0.3 is 0 Å². The molecule has 2 aromatic carbocycles. The van der Waals surface area contributed by atoms with Crippen molar-refractivity contribution in [3.63, 3.8) is 0 Å². The SMILES string of the molecule is CC1CNC(=O)c2cc3ccc(C(=O)Nc4nc5ccccc5n4C(C)C)cc3n2C1C. The molecular formula is C25H27N5O2. The van der Waals surface area contributed by atoms with Crippen LogP contribution < -0.4 is 10.6 Å². The molecule has 0 aliphatic carbocycles. The first kappa shape index (κ1) is 20.3. The summed E-state index contributed by atoms with van der Waals surface area (Å²) in [5.74, 6) is 0.508. The fraction of sp³-hybridized carbons (Fsp3) is 0.320. The average Bonchev–Trinajstić information content (AvgIpc) is 3.31. The number of carbonyl (C=O) groups excluding carboxylic acids is 2. The van der Waals surface area contributed by atoms with Gasteiger partial charge in [0.1, 0.15) is 5.69 Å². The maximum Gasteiger partial charge on any atom is 0.267 e. The van der Waals surface area contributed by atoms with Gasteiger partial charge in [-0.15, -0.1) is 0 Å². The molecule has 3 heterocycles. The molecule has 0 fully saturated rings. The second-order valence-corrected chi connectivity index (χ2v) is 8.94. The molecule has 2 unspecified atom stereocenters. The molecule has 0 saturated heterocycles. The molecule has 2 N–H and O–H groups in total. The van der Waals surface area contributed by atoms with Crippen LogP contribution in [0.25, 0.3) is 21.9 Å². The van der Waals surface area contributed by atoms with Crippen molar-refractivity contribution in [3.05, 3.63) is 59.8 Å². The number of fused-ring (bicyclic) bond motifs is 4. The highest BCUT2D eigenvalue weighted by atomic mass is 16.2. The number of amides is 2. The van der Waals surface area contributed by atoms with Crippen LogP contribution in [0, 0.1) is 5.92 Å². The van der Waals surface area contributed by atoms with E-state index in [1.165, 1.54) is 0 Å². The quantitative estimate of drug-likeness (QED) is 0.492. The number of para-hydroxylation sites is 2. The molecule has 2 aromatic heterocycles. The van der Waals surface area contributed by atoms with Crippen LogP contribution in [-0.2, 0) is 0 Å². The van der Waals surface area contributed by atoms with E-state index in [9.17, 15) is 9.59 Å². The van der Waals surface area contributed by atoms with Crippen molar-refractivity contribution in [2.75, 3.05) is 11.9 Å². The summed E-state index contributed by atoms with van der Waals surface area (Å²) in [6, 6.07) is 15.6. The number of carbonyl (C=O) groups is 2. The molecule has 0 bridgehead atoms. The van der Waals surface area contributed by atoms with E-state index in [1.807, 2.05) is 47.0 Å². The lowest BCUT2D eigenvalue weighted by atomic mass is 10.0. The minimum atomic E-state index is -0.224. The van der Waals surface area contributed by atoms with Crippen LogP contribution in [0.15, 0.2) is 48.5 Å². The van der Waals surface area contributed by atoms with Crippen LogP contribution in [0.1, 0.15) is 60.6 Å². The van der Waals surface area contributed by atoms with E-state index >= 15 is 0 Å². The van der Waals surface area contributed by atoms with Gasteiger partial charge in [-0.3, -0.25) is 14.9 Å². The second kappa shape index (κ2) is 7.51. The Morgan fingerprint density at radius 3 is 2.69 bits per heavy atom. The first-order valence-electron chi connectivity index (χ1n) is 11.1. The summed E-state index contributed by atoms with van der Waals surface area (Å²) in [6.07, 6.45) is 0. The number of nitrogens with zero attached hydrogens (tertiary/aromatic N) is 3. The van der Waals surface area contributed by atoms with Crippen molar-refractivity contribution in [2.45, 2.75) is 39.8 Å². The van der Waals surface area contributed by atoms with Crippen LogP contribution in [0.2, 0.25) is 0 Å². The Morgan fingerprint density at radius 2 is 1.91 bits per heavy atom. The minimum Gasteiger partial charge on any atom is -0.350 e. The number of aromatic nitrogens is 3. The van der Waals surface area contributed by atoms with Crippen LogP contribution in [0.4, 0.5) is 5.95 Å². The van der Waals surface area contributed by atoms with Gasteiger partial charge in [-0.2, -0.15) is 0 Å². The van der Waals surface area contributed by atoms with E-state index < -0.39 is 0 Å². The standard InChI is InChI=1S/C25H27N5O2/c1-14(2)29-20-8-6-5-7-19(20)27-25(29)28-23(31)18-10-9-17-11-22-24(32)26-13-15(3)16(4)30(22)21(17)12-18/h5-12,14-16H,13H2,1-4H3,(H,26,32)(H,27,28,31). The van der Waals surface area contributed by atoms with Gasteiger partial charge in [0.2, 0.25) is 5.95 Å². The summed E-state index contributed by atoms with van der Waals surface area (Å²) in [5, 5.41) is 6.94. The van der Waals surface area contributed by atoms with E-state index in [0.29, 0.717) is 23.8 Å². The summed E-state index contributed by atoms with van der Waals surface area (Å²) in [7, 11) is 0. The summed E-state index contributed by atoms with van der Waals surface area (Å²) in [5.41, 5.74) is 3.89. The Bertz CT molecular complexity index is 1360. The van der Waals surface area contributed by atoms with E-state index in [4.69, 9.17) is 0 Å². The zero-order chi connectivity index (χ0) is 22.6. The number of nitrogens with one attached hydrogen (secondary N) is 2. The Kier molecular flexibility index (Phi) is 4.77. The molecule has 0 saturated carbocycles. The molecule has 2 atom stereocenters. The monoisotopic (exact) mass is 429 g/mol. The van der Waals surface area contributed by atoms with Gasteiger partial charge in [0.25, 0.3) is 11.8 Å². The highest BCUT2D eigenvalue weighted by Gasteiger charge is 2.27. The van der Waals surface area contributed by atoms with Crippen molar-refractivity contribution >= 4 is 39.7 Å². The van der Waals surface area contributed by atoms with Gasteiger partial charge in [-0.25, -0.2) is 4.98 Å². The van der Waals surface area contributed by atoms with Crippen molar-refractivity contribution in [2.24, 2.45) is 5.92 Å². The Hall–Kier alpha value is -3.61. The summed E-state index contributed by atoms with van der Waals surface area (Å²) < 4.78 is 4.09. The third-order valence-electron chi connectivity index (χ3n) is 6.49. The fourth-order valence-corrected chi connectivity index (χ4v) is 4.57. The van der Waals surface area contributed by atoms with Crippen LogP contribution in [0.5, 0.6) is 0 Å². The van der Waals surface area contributed by atoms with Gasteiger partial charge < -0.3 is 14.5 Å². The zero-order valence-electron chi connectivity index (χ0n) is 18.7. The van der Waals surface area contributed by atoms with Crippen molar-refractivity contribution in [3.8, 4) is 0 Å². The lowest BCUT2D eigenvalue weighted by molar-refractivity contribution is 0.0948. The number of anilines is 1. The van der Waals surface area contributed by atoms with Crippen molar-refractivity contribution in [1.82, 2.24) is 19.4 Å². The topological polar surface area (TPSA) is 81.0 Å². The van der Waals surface area contributed by atoms with E-state index in [2.05, 4.69) is 47.9 Å². The molecule has 0 spiro atoms. The first-order valence-corrected chi connectivity index (χ1v) is 11.1. The molecular weight excluding hydrogens is 402 g/mol. The average molecular weight is 430 g/mol. The summed E-state index contributed by atoms with van der Waals surface area (Å²) in [4.78, 5) is 30.5. The molecule has 2 amide bonds. The van der Waals surface area contributed by atoms with Gasteiger partial charge in [0, 0.05) is 35.1 Å². The third-order valence-corrected chi connectivity index (χ3v) is 6.49. The second-order valence-electron chi connectivity index (χ2n) is 8.94. The molecule has 0 radical (unpaired) electrons. The first-order chi connectivity index (χ1) is 15.3. The molecule has 5 rings (SSSR count). The Morgan fingerprint density at radius 1 is 1.12 bits per heavy atom. The van der Waals surface area contributed by atoms with Crippen LogP contribution >= 0.6 is 0 Å². The van der Waals surface area contributed by atoms with Crippen LogP contribution in [0.3, 0.4) is 0 Å². The van der Waals surface area contributed by atoms with E-state index in [0.717, 1.165) is 21.9 Å². The van der Waals surface area contributed by atoms with Gasteiger partial charge in [-0.05, 0) is 57.0 Å². The highest BCUT2D eigenvalue weighted by molar-refractivity contribution is 6.07. The number of hydrogen-bond acceptors (Lipinski definition) is 3. The van der Waals surface area contributed by atoms with E-state index in [-0.39, 0.29) is 29.8 Å². The molecule has 1 aliphatic heterocycles. The molecule has 164 valence electrons. The molecule has 7 nitrogen and oxygen atoms in total. The maximum absolute atomic E-state index is 13.2. The number of hydrogen-bond donors (Lipinski definition) is 2. The van der Waals surface area contributed by atoms with Gasteiger partial charge in [-0.1, -0.05) is 25.1 Å². The highest BCUT2D eigenvalue weighted by Crippen LogP contribution is 2.31. The van der Waals surface area contributed by atoms with Gasteiger partial charge in [0.05, 0.1) is 11.0 Å². The fourth-order valence-electron chi connectivity index (χ4n) is 4.57. The largest absolute Gasteiger partial charge is 0.350 e. The molecule has 4 aromatic rings. The Labute approximate surface area is 186 Å². The molecule has 1 aliphatic rings. The van der Waals surface area contributed by atoms with E-state index in [1.54, 1.807) is 6.07 Å². The Balaban J connectivity index is 1.56. The van der Waals surface area contributed by atoms with Crippen LogP contribution in [-0.4, -0.2) is 32.5 Å². The maximum atomic E-state index is 13.2. The normalized spacial score (nSPS) is 18.6. The lowest BCUT2D eigenvalue weighted by Gasteiger charge is -2.20. The third kappa shape index (κ3) is 3.16. The summed E-state index contributed by atoms with van der Waals surface area (Å²) >= 11 is 0. The predicted octanol–water partition coefficient (Wildman–Crippen LogP) is 4.76. The zero-order valence-corrected chi connectivity index (χ0v) is 18.7. The number of benzene rings is 2. The van der Waals surface area contributed by atoms with Crippen molar-refractivity contribution < 1.29 is 9.59 Å². The van der Waals surface area contributed by atoms with Crippen molar-refractivity contribution in [1.29, 1.82) is 0 Å². The number of imidazole rings is 1. The summed E-state index contributed by atoms with van der Waals surface area (Å²) in [6.45, 7) is 9.01. The molecule has 7 heteroatoms. The molecule has 32 heavy (non-hydrogen) atoms. The predicted molar refractivity (Wildman–Crippen MR) is 126 cm³/mol. The smallest absolute Gasteiger partial charge is 0.267 e. The van der Waals surface area contributed by atoms with Gasteiger partial charge in [0.15, 0.2) is 0 Å².